The number of aryl methyl sites for hydroxylation is 1. The predicted octanol–water partition coefficient (Wildman–Crippen LogP) is 4.23. The molecule has 1 aliphatic heterocycles. The Kier molecular flexibility index (Phi) is 7.19. The van der Waals surface area contributed by atoms with Gasteiger partial charge < -0.3 is 0 Å². The van der Waals surface area contributed by atoms with Crippen LogP contribution in [0.2, 0.25) is 0 Å². The summed E-state index contributed by atoms with van der Waals surface area (Å²) in [6.45, 7) is 3.73. The van der Waals surface area contributed by atoms with Gasteiger partial charge >= 0.3 is 0 Å². The lowest BCUT2D eigenvalue weighted by molar-refractivity contribution is -0.137. The van der Waals surface area contributed by atoms with E-state index in [1.54, 1.807) is 25.1 Å². The normalized spacial score (nSPS) is 21.0. The Bertz CT molecular complexity index is 918. The van der Waals surface area contributed by atoms with E-state index in [0.29, 0.717) is 19.3 Å². The third-order valence-electron chi connectivity index (χ3n) is 6.55. The molecule has 0 unspecified atom stereocenters. The standard InChI is InChI=1S/C25H31NO5/c1-3-4-5-6-7-8-18(27)11-9-17-10-12-20-21(15-17)24(31)26(23(20)30)25(2)14-13-19(28)16-22(25)29/h10,12,15H,3-9,11,13-14,16H2,1-2H3/t25-/m0/s1. The smallest absolute Gasteiger partial charge is 0.262 e. The highest BCUT2D eigenvalue weighted by Gasteiger charge is 2.52. The highest BCUT2D eigenvalue weighted by molar-refractivity contribution is 6.24. The van der Waals surface area contributed by atoms with Gasteiger partial charge in [0.2, 0.25) is 0 Å². The molecule has 1 aliphatic carbocycles. The number of ketones is 3. The van der Waals surface area contributed by atoms with Crippen LogP contribution < -0.4 is 0 Å². The number of benzene rings is 1. The van der Waals surface area contributed by atoms with Crippen LogP contribution in [0.4, 0.5) is 0 Å². The number of rotatable bonds is 10. The second-order valence-corrected chi connectivity index (χ2v) is 8.94. The quantitative estimate of drug-likeness (QED) is 0.318. The molecular formula is C25H31NO5. The molecule has 166 valence electrons. The minimum atomic E-state index is -1.28. The maximum Gasteiger partial charge on any atom is 0.262 e. The third-order valence-corrected chi connectivity index (χ3v) is 6.55. The Hall–Kier alpha value is -2.63. The van der Waals surface area contributed by atoms with E-state index < -0.39 is 17.4 Å². The van der Waals surface area contributed by atoms with Crippen LogP contribution in [0.5, 0.6) is 0 Å². The first kappa shape index (κ1) is 23.0. The lowest BCUT2D eigenvalue weighted by Gasteiger charge is -2.38. The summed E-state index contributed by atoms with van der Waals surface area (Å²) in [4.78, 5) is 63.3. The predicted molar refractivity (Wildman–Crippen MR) is 116 cm³/mol. The van der Waals surface area contributed by atoms with E-state index in [1.807, 2.05) is 0 Å². The topological polar surface area (TPSA) is 88.6 Å². The van der Waals surface area contributed by atoms with Gasteiger partial charge in [0.15, 0.2) is 5.78 Å². The number of carbonyl (C=O) groups excluding carboxylic acids is 5. The Morgan fingerprint density at radius 3 is 2.39 bits per heavy atom. The molecule has 0 N–H and O–H groups in total. The van der Waals surface area contributed by atoms with Gasteiger partial charge in [-0.25, -0.2) is 0 Å². The fourth-order valence-corrected chi connectivity index (χ4v) is 4.44. The minimum absolute atomic E-state index is 0.156. The average molecular weight is 426 g/mol. The molecule has 1 saturated carbocycles. The summed E-state index contributed by atoms with van der Waals surface area (Å²) in [6.07, 6.45) is 7.16. The maximum absolute atomic E-state index is 13.1. The van der Waals surface area contributed by atoms with Gasteiger partial charge in [-0.05, 0) is 43.9 Å². The molecular weight excluding hydrogens is 394 g/mol. The Balaban J connectivity index is 1.64. The zero-order chi connectivity index (χ0) is 22.6. The van der Waals surface area contributed by atoms with E-state index in [0.717, 1.165) is 29.7 Å². The van der Waals surface area contributed by atoms with Crippen LogP contribution in [-0.4, -0.2) is 39.6 Å². The summed E-state index contributed by atoms with van der Waals surface area (Å²) < 4.78 is 0. The molecule has 0 radical (unpaired) electrons. The first-order valence-electron chi connectivity index (χ1n) is 11.4. The van der Waals surface area contributed by atoms with Crippen molar-refractivity contribution in [3.63, 3.8) is 0 Å². The van der Waals surface area contributed by atoms with Gasteiger partial charge in [-0.2, -0.15) is 0 Å². The number of amides is 2. The lowest BCUT2D eigenvalue weighted by Crippen LogP contribution is -2.57. The van der Waals surface area contributed by atoms with Crippen molar-refractivity contribution in [1.82, 2.24) is 4.90 Å². The van der Waals surface area contributed by atoms with E-state index in [4.69, 9.17) is 0 Å². The summed E-state index contributed by atoms with van der Waals surface area (Å²) in [7, 11) is 0. The van der Waals surface area contributed by atoms with Crippen molar-refractivity contribution in [2.45, 2.75) is 90.0 Å². The van der Waals surface area contributed by atoms with Crippen LogP contribution >= 0.6 is 0 Å². The number of imide groups is 1. The SMILES string of the molecule is CCCCCCCC(=O)CCc1ccc2c(c1)C(=O)N([C@@]1(C)CCC(=O)CC1=O)C2=O. The Labute approximate surface area is 183 Å². The second-order valence-electron chi connectivity index (χ2n) is 8.94. The fraction of sp³-hybridized carbons (Fsp3) is 0.560. The van der Waals surface area contributed by atoms with Gasteiger partial charge in [0, 0.05) is 19.3 Å². The van der Waals surface area contributed by atoms with Gasteiger partial charge in [-0.15, -0.1) is 0 Å². The van der Waals surface area contributed by atoms with Gasteiger partial charge in [-0.3, -0.25) is 28.9 Å². The summed E-state index contributed by atoms with van der Waals surface area (Å²) in [5.41, 5.74) is 0.105. The molecule has 6 heteroatoms. The number of carbonyl (C=O) groups is 5. The summed E-state index contributed by atoms with van der Waals surface area (Å²) in [6, 6.07) is 5.06. The number of hydrogen-bond acceptors (Lipinski definition) is 5. The lowest BCUT2D eigenvalue weighted by atomic mass is 9.80. The highest BCUT2D eigenvalue weighted by Crippen LogP contribution is 2.36. The zero-order valence-electron chi connectivity index (χ0n) is 18.5. The summed E-state index contributed by atoms with van der Waals surface area (Å²) in [5, 5.41) is 0. The van der Waals surface area contributed by atoms with Crippen LogP contribution in [0, 0.1) is 0 Å². The molecule has 31 heavy (non-hydrogen) atoms. The van der Waals surface area contributed by atoms with E-state index >= 15 is 0 Å². The molecule has 3 rings (SSSR count). The van der Waals surface area contributed by atoms with Crippen LogP contribution in [0.3, 0.4) is 0 Å². The van der Waals surface area contributed by atoms with Crippen LogP contribution in [0.25, 0.3) is 0 Å². The minimum Gasteiger partial charge on any atom is -0.300 e. The maximum atomic E-state index is 13.1. The van der Waals surface area contributed by atoms with Gasteiger partial charge in [0.05, 0.1) is 17.5 Å². The number of nitrogens with zero attached hydrogens (tertiary/aromatic N) is 1. The van der Waals surface area contributed by atoms with Gasteiger partial charge in [0.25, 0.3) is 11.8 Å². The van der Waals surface area contributed by atoms with E-state index in [9.17, 15) is 24.0 Å². The average Bonchev–Trinajstić information content (AvgIpc) is 2.99. The van der Waals surface area contributed by atoms with Crippen molar-refractivity contribution >= 4 is 29.2 Å². The van der Waals surface area contributed by atoms with E-state index in [-0.39, 0.29) is 47.7 Å². The molecule has 1 aromatic rings. The molecule has 1 heterocycles. The molecule has 0 saturated heterocycles. The summed E-state index contributed by atoms with van der Waals surface area (Å²) in [5.74, 6) is -1.31. The Morgan fingerprint density at radius 2 is 1.68 bits per heavy atom. The number of fused-ring (bicyclic) bond motifs is 1. The van der Waals surface area contributed by atoms with Gasteiger partial charge in [-0.1, -0.05) is 38.7 Å². The number of unbranched alkanes of at least 4 members (excludes halogenated alkanes) is 4. The Morgan fingerprint density at radius 1 is 0.968 bits per heavy atom. The number of Topliss-reactive ketones (excluding diaryl/α,β-unsaturated/α-hetero) is 3. The molecule has 6 nitrogen and oxygen atoms in total. The van der Waals surface area contributed by atoms with E-state index in [2.05, 4.69) is 6.92 Å². The molecule has 0 aromatic heterocycles. The largest absolute Gasteiger partial charge is 0.300 e. The fourth-order valence-electron chi connectivity index (χ4n) is 4.44. The van der Waals surface area contributed by atoms with Gasteiger partial charge in [0.1, 0.15) is 17.1 Å². The molecule has 1 atom stereocenters. The monoisotopic (exact) mass is 425 g/mol. The molecule has 0 bridgehead atoms. The van der Waals surface area contributed by atoms with Crippen molar-refractivity contribution in [3.05, 3.63) is 34.9 Å². The molecule has 1 fully saturated rings. The summed E-state index contributed by atoms with van der Waals surface area (Å²) >= 11 is 0. The van der Waals surface area contributed by atoms with Crippen molar-refractivity contribution < 1.29 is 24.0 Å². The van der Waals surface area contributed by atoms with Crippen molar-refractivity contribution in [2.24, 2.45) is 0 Å². The first-order chi connectivity index (χ1) is 14.8. The van der Waals surface area contributed by atoms with Crippen LogP contribution in [0.1, 0.15) is 104 Å². The molecule has 2 amide bonds. The first-order valence-corrected chi connectivity index (χ1v) is 11.4. The van der Waals surface area contributed by atoms with Crippen molar-refractivity contribution in [2.75, 3.05) is 0 Å². The van der Waals surface area contributed by atoms with Crippen molar-refractivity contribution in [1.29, 1.82) is 0 Å². The highest BCUT2D eigenvalue weighted by atomic mass is 16.2. The van der Waals surface area contributed by atoms with Crippen molar-refractivity contribution in [3.8, 4) is 0 Å². The van der Waals surface area contributed by atoms with E-state index in [1.165, 1.54) is 12.8 Å². The molecule has 0 spiro atoms. The van der Waals surface area contributed by atoms with Crippen LogP contribution in [0.15, 0.2) is 18.2 Å². The molecule has 2 aliphatic rings. The van der Waals surface area contributed by atoms with Crippen LogP contribution in [-0.2, 0) is 20.8 Å². The second kappa shape index (κ2) is 9.67. The number of hydrogen-bond donors (Lipinski definition) is 0. The zero-order valence-corrected chi connectivity index (χ0v) is 18.5. The third kappa shape index (κ3) is 4.83. The molecule has 1 aromatic carbocycles.